The van der Waals surface area contributed by atoms with Crippen LogP contribution < -0.4 is 10.6 Å². The average molecular weight is 330 g/mol. The van der Waals surface area contributed by atoms with Crippen LogP contribution in [0.25, 0.3) is 0 Å². The van der Waals surface area contributed by atoms with Crippen LogP contribution in [0.3, 0.4) is 0 Å². The van der Waals surface area contributed by atoms with Gasteiger partial charge in [0.25, 0.3) is 0 Å². The molecule has 2 saturated heterocycles. The number of benzene rings is 1. The number of anilines is 2. The van der Waals surface area contributed by atoms with Gasteiger partial charge in [-0.1, -0.05) is 0 Å². The molecule has 2 N–H and O–H groups in total. The van der Waals surface area contributed by atoms with Crippen LogP contribution in [0.5, 0.6) is 0 Å². The summed E-state index contributed by atoms with van der Waals surface area (Å²) in [7, 11) is 2.16. The first-order valence-electron chi connectivity index (χ1n) is 8.63. The fraction of sp³-hybridized carbons (Fsp3) is 0.556. The molecule has 24 heavy (non-hydrogen) atoms. The normalized spacial score (nSPS) is 24.4. The standard InChI is InChI=1S/C18H26N4O2/c1-13(23)19-14-3-5-15(6-4-14)20-18(24)12-22-16-7-8-17(22)11-21(2)10-9-16/h3-6,16-17H,7-12H2,1-2H3,(H,19,23)(H,20,24)/t16?,17-/m1/s1. The topological polar surface area (TPSA) is 64.7 Å². The fourth-order valence-electron chi connectivity index (χ4n) is 3.81. The molecule has 0 aromatic heterocycles. The lowest BCUT2D eigenvalue weighted by molar-refractivity contribution is -0.118. The molecule has 2 heterocycles. The minimum Gasteiger partial charge on any atom is -0.326 e. The first-order chi connectivity index (χ1) is 11.5. The zero-order valence-electron chi connectivity index (χ0n) is 14.4. The molecule has 1 aromatic carbocycles. The Bertz CT molecular complexity index is 602. The number of fused-ring (bicyclic) bond motifs is 2. The van der Waals surface area contributed by atoms with Crippen molar-refractivity contribution in [1.82, 2.24) is 9.80 Å². The summed E-state index contributed by atoms with van der Waals surface area (Å²) in [5, 5.41) is 5.68. The van der Waals surface area contributed by atoms with E-state index < -0.39 is 0 Å². The van der Waals surface area contributed by atoms with E-state index in [1.54, 1.807) is 12.1 Å². The zero-order chi connectivity index (χ0) is 17.1. The molecule has 6 nitrogen and oxygen atoms in total. The van der Waals surface area contributed by atoms with Crippen molar-refractivity contribution >= 4 is 23.2 Å². The van der Waals surface area contributed by atoms with Gasteiger partial charge in [0.15, 0.2) is 0 Å². The zero-order valence-corrected chi connectivity index (χ0v) is 14.4. The third-order valence-electron chi connectivity index (χ3n) is 4.95. The number of nitrogens with zero attached hydrogens (tertiary/aromatic N) is 2. The van der Waals surface area contributed by atoms with Gasteiger partial charge in [-0.2, -0.15) is 0 Å². The highest BCUT2D eigenvalue weighted by atomic mass is 16.2. The Morgan fingerprint density at radius 1 is 1.04 bits per heavy atom. The molecule has 2 atom stereocenters. The summed E-state index contributed by atoms with van der Waals surface area (Å²) in [5.74, 6) is -0.0721. The van der Waals surface area contributed by atoms with E-state index in [1.165, 1.54) is 19.8 Å². The van der Waals surface area contributed by atoms with Crippen molar-refractivity contribution < 1.29 is 9.59 Å². The molecule has 2 aliphatic rings. The fourth-order valence-corrected chi connectivity index (χ4v) is 3.81. The number of amides is 2. The minimum absolute atomic E-state index is 0.0312. The molecule has 2 amide bonds. The Labute approximate surface area is 143 Å². The molecule has 0 aliphatic carbocycles. The van der Waals surface area contributed by atoms with Gasteiger partial charge in [0, 0.05) is 36.9 Å². The van der Waals surface area contributed by atoms with Crippen LogP contribution >= 0.6 is 0 Å². The number of carbonyl (C=O) groups excluding carboxylic acids is 2. The maximum atomic E-state index is 12.4. The van der Waals surface area contributed by atoms with Gasteiger partial charge in [-0.3, -0.25) is 14.5 Å². The Morgan fingerprint density at radius 2 is 1.67 bits per heavy atom. The molecular formula is C18H26N4O2. The Balaban J connectivity index is 1.56. The van der Waals surface area contributed by atoms with Crippen molar-refractivity contribution in [3.05, 3.63) is 24.3 Å². The number of carbonyl (C=O) groups is 2. The Kier molecular flexibility index (Phi) is 5.16. The number of hydrogen-bond donors (Lipinski definition) is 2. The summed E-state index contributed by atoms with van der Waals surface area (Å²) in [6, 6.07) is 8.24. The van der Waals surface area contributed by atoms with Gasteiger partial charge in [0.2, 0.25) is 11.8 Å². The van der Waals surface area contributed by atoms with Gasteiger partial charge in [-0.15, -0.1) is 0 Å². The molecule has 2 aliphatic heterocycles. The maximum Gasteiger partial charge on any atom is 0.238 e. The van der Waals surface area contributed by atoms with E-state index in [1.807, 2.05) is 12.1 Å². The van der Waals surface area contributed by atoms with Crippen molar-refractivity contribution in [2.75, 3.05) is 37.3 Å². The third kappa shape index (κ3) is 4.13. The number of likely N-dealkylation sites (N-methyl/N-ethyl adjacent to an activating group) is 1. The highest BCUT2D eigenvalue weighted by molar-refractivity contribution is 5.93. The lowest BCUT2D eigenvalue weighted by atomic mass is 10.1. The summed E-state index contributed by atoms with van der Waals surface area (Å²) >= 11 is 0. The first kappa shape index (κ1) is 16.9. The van der Waals surface area contributed by atoms with Gasteiger partial charge in [0.1, 0.15) is 0 Å². The maximum absolute atomic E-state index is 12.4. The third-order valence-corrected chi connectivity index (χ3v) is 4.95. The molecule has 1 aromatic rings. The van der Waals surface area contributed by atoms with E-state index in [9.17, 15) is 9.59 Å². The van der Waals surface area contributed by atoms with Crippen molar-refractivity contribution in [3.8, 4) is 0 Å². The molecular weight excluding hydrogens is 304 g/mol. The number of rotatable bonds is 4. The van der Waals surface area contributed by atoms with Crippen molar-refractivity contribution in [2.24, 2.45) is 0 Å². The second-order valence-corrected chi connectivity index (χ2v) is 6.91. The van der Waals surface area contributed by atoms with Crippen molar-refractivity contribution in [3.63, 3.8) is 0 Å². The predicted octanol–water partition coefficient (Wildman–Crippen LogP) is 1.75. The monoisotopic (exact) mass is 330 g/mol. The number of nitrogens with one attached hydrogen (secondary N) is 2. The Hall–Kier alpha value is -1.92. The second-order valence-electron chi connectivity index (χ2n) is 6.91. The molecule has 1 unspecified atom stereocenters. The highest BCUT2D eigenvalue weighted by Gasteiger charge is 2.37. The summed E-state index contributed by atoms with van der Waals surface area (Å²) in [4.78, 5) is 28.2. The molecule has 0 radical (unpaired) electrons. The average Bonchev–Trinajstić information content (AvgIpc) is 2.80. The van der Waals surface area contributed by atoms with Crippen LogP contribution in [0.4, 0.5) is 11.4 Å². The SMILES string of the molecule is CC(=O)Nc1ccc(NC(=O)CN2C3CC[C@@H]2CN(C)CC3)cc1. The molecule has 2 bridgehead atoms. The van der Waals surface area contributed by atoms with Crippen LogP contribution in [0, 0.1) is 0 Å². The lowest BCUT2D eigenvalue weighted by Crippen LogP contribution is -2.43. The van der Waals surface area contributed by atoms with Gasteiger partial charge in [-0.25, -0.2) is 0 Å². The lowest BCUT2D eigenvalue weighted by Gasteiger charge is -2.27. The summed E-state index contributed by atoms with van der Waals surface area (Å²) in [6.45, 7) is 4.10. The quantitative estimate of drug-likeness (QED) is 0.883. The number of hydrogen-bond acceptors (Lipinski definition) is 4. The summed E-state index contributed by atoms with van der Waals surface area (Å²) in [6.07, 6.45) is 3.54. The predicted molar refractivity (Wildman–Crippen MR) is 95.0 cm³/mol. The van der Waals surface area contributed by atoms with Crippen LogP contribution in [-0.2, 0) is 9.59 Å². The van der Waals surface area contributed by atoms with Gasteiger partial charge in [0.05, 0.1) is 6.54 Å². The smallest absolute Gasteiger partial charge is 0.238 e. The second kappa shape index (κ2) is 7.32. The van der Waals surface area contributed by atoms with Crippen LogP contribution in [0.15, 0.2) is 24.3 Å². The van der Waals surface area contributed by atoms with Crippen LogP contribution in [0.2, 0.25) is 0 Å². The van der Waals surface area contributed by atoms with Crippen LogP contribution in [-0.4, -0.2) is 60.4 Å². The van der Waals surface area contributed by atoms with E-state index in [0.29, 0.717) is 18.6 Å². The van der Waals surface area contributed by atoms with E-state index in [2.05, 4.69) is 27.5 Å². The largest absolute Gasteiger partial charge is 0.326 e. The molecule has 6 heteroatoms. The molecule has 0 spiro atoms. The summed E-state index contributed by atoms with van der Waals surface area (Å²) in [5.41, 5.74) is 1.49. The highest BCUT2D eigenvalue weighted by Crippen LogP contribution is 2.29. The van der Waals surface area contributed by atoms with Gasteiger partial charge < -0.3 is 15.5 Å². The molecule has 3 rings (SSSR count). The van der Waals surface area contributed by atoms with E-state index >= 15 is 0 Å². The van der Waals surface area contributed by atoms with E-state index in [-0.39, 0.29) is 11.8 Å². The van der Waals surface area contributed by atoms with Crippen molar-refractivity contribution in [2.45, 2.75) is 38.3 Å². The molecule has 2 fully saturated rings. The first-order valence-corrected chi connectivity index (χ1v) is 8.63. The van der Waals surface area contributed by atoms with Crippen molar-refractivity contribution in [1.29, 1.82) is 0 Å². The van der Waals surface area contributed by atoms with Crippen LogP contribution in [0.1, 0.15) is 26.2 Å². The molecule has 0 saturated carbocycles. The van der Waals surface area contributed by atoms with E-state index in [4.69, 9.17) is 0 Å². The van der Waals surface area contributed by atoms with Gasteiger partial charge >= 0.3 is 0 Å². The Morgan fingerprint density at radius 3 is 2.33 bits per heavy atom. The number of likely N-dealkylation sites (tertiary alicyclic amines) is 1. The minimum atomic E-state index is -0.103. The van der Waals surface area contributed by atoms with E-state index in [0.717, 1.165) is 30.9 Å². The molecule has 130 valence electrons. The summed E-state index contributed by atoms with van der Waals surface area (Å²) < 4.78 is 0. The van der Waals surface area contributed by atoms with Gasteiger partial charge in [-0.05, 0) is 57.1 Å².